The minimum Gasteiger partial charge on any atom is -0.309 e. The number of hydrogen-bond donors (Lipinski definition) is 0. The van der Waals surface area contributed by atoms with Gasteiger partial charge < -0.3 is 9.13 Å². The molecule has 0 saturated heterocycles. The zero-order chi connectivity index (χ0) is 29.0. The van der Waals surface area contributed by atoms with E-state index in [0.717, 1.165) is 16.9 Å². The smallest absolute Gasteiger partial charge is 0.0703 e. The molecule has 0 fully saturated rings. The van der Waals surface area contributed by atoms with E-state index in [2.05, 4.69) is 161 Å². The molecule has 0 unspecified atom stereocenters. The highest BCUT2D eigenvalue weighted by atomic mass is 15.0. The summed E-state index contributed by atoms with van der Waals surface area (Å²) in [5.41, 5.74) is 11.5. The van der Waals surface area contributed by atoms with E-state index in [-0.39, 0.29) is 0 Å². The molecular formula is C41H27N3. The maximum absolute atomic E-state index is 4.84. The molecule has 3 aromatic heterocycles. The molecule has 44 heavy (non-hydrogen) atoms. The monoisotopic (exact) mass is 561 g/mol. The molecule has 9 rings (SSSR count). The van der Waals surface area contributed by atoms with Crippen molar-refractivity contribution in [2.45, 2.75) is 0 Å². The first kappa shape index (κ1) is 24.6. The summed E-state index contributed by atoms with van der Waals surface area (Å²) in [5.74, 6) is 0. The Morgan fingerprint density at radius 3 is 1.41 bits per heavy atom. The van der Waals surface area contributed by atoms with Gasteiger partial charge in [-0.15, -0.1) is 0 Å². The van der Waals surface area contributed by atoms with Crippen LogP contribution in [0, 0.1) is 0 Å². The van der Waals surface area contributed by atoms with Crippen LogP contribution in [0.5, 0.6) is 0 Å². The van der Waals surface area contributed by atoms with Crippen LogP contribution < -0.4 is 0 Å². The second-order valence-electron chi connectivity index (χ2n) is 11.3. The standard InChI is InChI=1S/C41H27N3/c1-3-11-28(12-4-1)37-22-21-32(27-42-37)44-39-18-10-8-16-34(39)36-26-30(20-24-41(36)44)29-19-23-40-35(25-29)33-15-7-9-17-38(33)43(40)31-13-5-2-6-14-31/h1-27H. The maximum Gasteiger partial charge on any atom is 0.0703 e. The SMILES string of the molecule is c1ccc(-c2ccc(-n3c4ccccc4c4cc(-c5ccc6c(c5)c5ccccc5n6-c5ccccc5)ccc43)cn2)cc1. The average Bonchev–Trinajstić information content (AvgIpc) is 3.61. The fourth-order valence-corrected chi connectivity index (χ4v) is 6.74. The Bertz CT molecular complexity index is 2470. The van der Waals surface area contributed by atoms with Crippen LogP contribution in [-0.2, 0) is 0 Å². The van der Waals surface area contributed by atoms with Crippen molar-refractivity contribution in [3.63, 3.8) is 0 Å². The highest BCUT2D eigenvalue weighted by Crippen LogP contribution is 2.38. The van der Waals surface area contributed by atoms with E-state index in [1.807, 2.05) is 12.3 Å². The number of hydrogen-bond acceptors (Lipinski definition) is 1. The summed E-state index contributed by atoms with van der Waals surface area (Å²) in [5, 5.41) is 4.99. The van der Waals surface area contributed by atoms with Gasteiger partial charge in [0.1, 0.15) is 0 Å². The molecule has 0 atom stereocenters. The van der Waals surface area contributed by atoms with Crippen LogP contribution >= 0.6 is 0 Å². The predicted octanol–water partition coefficient (Wildman–Crippen LogP) is 10.6. The molecule has 0 spiro atoms. The van der Waals surface area contributed by atoms with Crippen molar-refractivity contribution < 1.29 is 0 Å². The van der Waals surface area contributed by atoms with Crippen LogP contribution in [0.2, 0.25) is 0 Å². The van der Waals surface area contributed by atoms with Gasteiger partial charge in [-0.25, -0.2) is 0 Å². The van der Waals surface area contributed by atoms with Gasteiger partial charge in [0.05, 0.1) is 39.6 Å². The second kappa shape index (κ2) is 9.82. The predicted molar refractivity (Wildman–Crippen MR) is 184 cm³/mol. The molecule has 0 radical (unpaired) electrons. The highest BCUT2D eigenvalue weighted by Gasteiger charge is 2.16. The van der Waals surface area contributed by atoms with Crippen molar-refractivity contribution in [1.82, 2.24) is 14.1 Å². The van der Waals surface area contributed by atoms with Gasteiger partial charge in [0.25, 0.3) is 0 Å². The number of aromatic nitrogens is 3. The van der Waals surface area contributed by atoms with E-state index < -0.39 is 0 Å². The van der Waals surface area contributed by atoms with Gasteiger partial charge in [-0.2, -0.15) is 0 Å². The molecule has 0 aliphatic heterocycles. The fraction of sp³-hybridized carbons (Fsp3) is 0. The number of rotatable bonds is 4. The molecule has 3 nitrogen and oxygen atoms in total. The lowest BCUT2D eigenvalue weighted by atomic mass is 10.0. The van der Waals surface area contributed by atoms with E-state index in [9.17, 15) is 0 Å². The molecule has 0 amide bonds. The van der Waals surface area contributed by atoms with Crippen molar-refractivity contribution >= 4 is 43.6 Å². The lowest BCUT2D eigenvalue weighted by Crippen LogP contribution is -1.95. The topological polar surface area (TPSA) is 22.8 Å². The largest absolute Gasteiger partial charge is 0.309 e. The average molecular weight is 562 g/mol. The van der Waals surface area contributed by atoms with Crippen LogP contribution in [0.4, 0.5) is 0 Å². The van der Waals surface area contributed by atoms with Gasteiger partial charge >= 0.3 is 0 Å². The van der Waals surface area contributed by atoms with Crippen molar-refractivity contribution in [1.29, 1.82) is 0 Å². The first-order valence-electron chi connectivity index (χ1n) is 15.0. The zero-order valence-electron chi connectivity index (χ0n) is 23.9. The molecule has 0 N–H and O–H groups in total. The normalized spacial score (nSPS) is 11.6. The Morgan fingerprint density at radius 1 is 0.341 bits per heavy atom. The first-order chi connectivity index (χ1) is 21.8. The summed E-state index contributed by atoms with van der Waals surface area (Å²) in [6.07, 6.45) is 1.98. The Balaban J connectivity index is 1.20. The number of para-hydroxylation sites is 3. The maximum atomic E-state index is 4.84. The lowest BCUT2D eigenvalue weighted by molar-refractivity contribution is 1.14. The number of fused-ring (bicyclic) bond motifs is 6. The summed E-state index contributed by atoms with van der Waals surface area (Å²) >= 11 is 0. The van der Waals surface area contributed by atoms with Crippen molar-refractivity contribution in [3.05, 3.63) is 164 Å². The zero-order valence-corrected chi connectivity index (χ0v) is 23.9. The van der Waals surface area contributed by atoms with Gasteiger partial charge in [0, 0.05) is 32.8 Å². The Hall–Kier alpha value is -5.93. The van der Waals surface area contributed by atoms with Crippen molar-refractivity contribution in [3.8, 4) is 33.8 Å². The van der Waals surface area contributed by atoms with E-state index in [4.69, 9.17) is 4.98 Å². The summed E-state index contributed by atoms with van der Waals surface area (Å²) in [4.78, 5) is 4.84. The van der Waals surface area contributed by atoms with E-state index in [0.29, 0.717) is 0 Å². The molecule has 206 valence electrons. The highest BCUT2D eigenvalue weighted by molar-refractivity contribution is 6.12. The molecule has 3 heterocycles. The Morgan fingerprint density at radius 2 is 0.841 bits per heavy atom. The summed E-state index contributed by atoms with van der Waals surface area (Å²) < 4.78 is 4.69. The molecule has 0 bridgehead atoms. The molecule has 0 aliphatic carbocycles. The molecule has 9 aromatic rings. The summed E-state index contributed by atoms with van der Waals surface area (Å²) in [6.45, 7) is 0. The minimum atomic E-state index is 0.974. The summed E-state index contributed by atoms with van der Waals surface area (Å²) in [7, 11) is 0. The van der Waals surface area contributed by atoms with Gasteiger partial charge in [0.15, 0.2) is 0 Å². The van der Waals surface area contributed by atoms with Crippen LogP contribution in [0.3, 0.4) is 0 Å². The van der Waals surface area contributed by atoms with Crippen LogP contribution in [0.25, 0.3) is 77.4 Å². The Kier molecular flexibility index (Phi) is 5.50. The van der Waals surface area contributed by atoms with Crippen LogP contribution in [-0.4, -0.2) is 14.1 Å². The molecular weight excluding hydrogens is 534 g/mol. The molecule has 0 aliphatic rings. The van der Waals surface area contributed by atoms with Gasteiger partial charge in [-0.1, -0.05) is 97.1 Å². The van der Waals surface area contributed by atoms with Gasteiger partial charge in [-0.3, -0.25) is 4.98 Å². The third kappa shape index (κ3) is 3.80. The minimum absolute atomic E-state index is 0.974. The summed E-state index contributed by atoms with van der Waals surface area (Å²) in [6, 6.07) is 56.3. The molecule has 0 saturated carbocycles. The van der Waals surface area contributed by atoms with Crippen molar-refractivity contribution in [2.75, 3.05) is 0 Å². The fourth-order valence-electron chi connectivity index (χ4n) is 6.74. The number of pyridine rings is 1. The Labute approximate surface area is 254 Å². The quantitative estimate of drug-likeness (QED) is 0.210. The van der Waals surface area contributed by atoms with Crippen molar-refractivity contribution in [2.24, 2.45) is 0 Å². The lowest BCUT2D eigenvalue weighted by Gasteiger charge is -2.10. The van der Waals surface area contributed by atoms with Crippen LogP contribution in [0.1, 0.15) is 0 Å². The second-order valence-corrected chi connectivity index (χ2v) is 11.3. The van der Waals surface area contributed by atoms with E-state index in [1.54, 1.807) is 0 Å². The third-order valence-corrected chi connectivity index (χ3v) is 8.77. The van der Waals surface area contributed by atoms with Crippen LogP contribution in [0.15, 0.2) is 164 Å². The number of nitrogens with zero attached hydrogens (tertiary/aromatic N) is 3. The van der Waals surface area contributed by atoms with E-state index in [1.165, 1.54) is 60.4 Å². The third-order valence-electron chi connectivity index (χ3n) is 8.77. The van der Waals surface area contributed by atoms with Gasteiger partial charge in [-0.05, 0) is 71.8 Å². The van der Waals surface area contributed by atoms with Gasteiger partial charge in [0.2, 0.25) is 0 Å². The molecule has 3 heteroatoms. The first-order valence-corrected chi connectivity index (χ1v) is 15.0. The number of benzene rings is 6. The van der Waals surface area contributed by atoms with E-state index >= 15 is 0 Å². The molecule has 6 aromatic carbocycles.